The number of fused-ring (bicyclic) bond motifs is 2. The molecule has 0 radical (unpaired) electrons. The third kappa shape index (κ3) is 4.32. The number of ketones is 1. The fraction of sp³-hybridized carbons (Fsp3) is 0.476. The third-order valence-corrected chi connectivity index (χ3v) is 5.20. The molecule has 4 atom stereocenters. The minimum Gasteiger partial charge on any atom is -0.463 e. The van der Waals surface area contributed by atoms with Crippen LogP contribution in [0.5, 0.6) is 0 Å². The molecule has 1 aromatic rings. The number of esters is 2. The lowest BCUT2D eigenvalue weighted by Gasteiger charge is -2.50. The Bertz CT molecular complexity index is 849. The van der Waals surface area contributed by atoms with Crippen LogP contribution in [-0.4, -0.2) is 42.8 Å². The molecule has 7 nitrogen and oxygen atoms in total. The first kappa shape index (κ1) is 21.0. The van der Waals surface area contributed by atoms with Crippen molar-refractivity contribution in [3.05, 3.63) is 41.4 Å². The summed E-state index contributed by atoms with van der Waals surface area (Å²) in [5.41, 5.74) is 1.85. The second-order valence-electron chi connectivity index (χ2n) is 7.25. The molecule has 3 rings (SSSR count). The minimum atomic E-state index is -0.757. The van der Waals surface area contributed by atoms with Crippen LogP contribution in [0, 0.1) is 11.7 Å². The first-order valence-electron chi connectivity index (χ1n) is 9.41. The van der Waals surface area contributed by atoms with E-state index in [2.05, 4.69) is 0 Å². The Morgan fingerprint density at radius 1 is 1.14 bits per heavy atom. The Labute approximate surface area is 168 Å². The van der Waals surface area contributed by atoms with Gasteiger partial charge in [-0.25, -0.2) is 4.39 Å². The third-order valence-electron chi connectivity index (χ3n) is 5.20. The lowest BCUT2D eigenvalue weighted by Crippen LogP contribution is -2.58. The summed E-state index contributed by atoms with van der Waals surface area (Å²) in [6.07, 6.45) is -1.58. The van der Waals surface area contributed by atoms with E-state index in [1.807, 2.05) is 4.90 Å². The zero-order chi connectivity index (χ0) is 21.3. The highest BCUT2D eigenvalue weighted by atomic mass is 19.1. The van der Waals surface area contributed by atoms with Gasteiger partial charge >= 0.3 is 11.9 Å². The van der Waals surface area contributed by atoms with E-state index in [1.54, 1.807) is 19.1 Å². The molecule has 156 valence electrons. The van der Waals surface area contributed by atoms with Crippen LogP contribution >= 0.6 is 0 Å². The number of hydrogen-bond acceptors (Lipinski definition) is 7. The van der Waals surface area contributed by atoms with Gasteiger partial charge in [0.1, 0.15) is 30.9 Å². The summed E-state index contributed by atoms with van der Waals surface area (Å²) in [6, 6.07) is 5.89. The fourth-order valence-electron chi connectivity index (χ4n) is 4.17. The van der Waals surface area contributed by atoms with Crippen molar-refractivity contribution in [2.45, 2.75) is 52.6 Å². The van der Waals surface area contributed by atoms with E-state index in [-0.39, 0.29) is 18.2 Å². The van der Waals surface area contributed by atoms with Crippen molar-refractivity contribution < 1.29 is 33.0 Å². The van der Waals surface area contributed by atoms with Crippen molar-refractivity contribution in [2.24, 2.45) is 5.92 Å². The van der Waals surface area contributed by atoms with Crippen molar-refractivity contribution >= 4 is 23.4 Å². The quantitative estimate of drug-likeness (QED) is 0.697. The Balaban J connectivity index is 2.05. The van der Waals surface area contributed by atoms with E-state index in [4.69, 9.17) is 14.2 Å². The van der Waals surface area contributed by atoms with E-state index in [1.165, 1.54) is 32.9 Å². The van der Waals surface area contributed by atoms with Crippen LogP contribution in [0.3, 0.4) is 0 Å². The number of anilines is 1. The van der Waals surface area contributed by atoms with Crippen LogP contribution in [0.25, 0.3) is 0 Å². The van der Waals surface area contributed by atoms with Gasteiger partial charge in [0.25, 0.3) is 0 Å². The number of ether oxygens (including phenoxy) is 3. The van der Waals surface area contributed by atoms with E-state index in [0.29, 0.717) is 23.4 Å². The lowest BCUT2D eigenvalue weighted by atomic mass is 9.78. The average molecular weight is 405 g/mol. The zero-order valence-electron chi connectivity index (χ0n) is 16.8. The standard InChI is InChI=1S/C21H24FNO6/c1-11-20(12(2)24)17-9-19(23(11)16-7-5-15(22)6-8-16)29-18(10-27-13(3)25)21(17)28-14(4)26/h5-8,17-19,21H,9-10H2,1-4H3/t17?,18-,19?,21+/m1/s1. The van der Waals surface area contributed by atoms with Gasteiger partial charge in [-0.3, -0.25) is 14.4 Å². The van der Waals surface area contributed by atoms with Crippen molar-refractivity contribution in [3.63, 3.8) is 0 Å². The normalized spacial score (nSPS) is 26.2. The lowest BCUT2D eigenvalue weighted by molar-refractivity contribution is -0.192. The number of carbonyl (C=O) groups is 3. The maximum Gasteiger partial charge on any atom is 0.303 e. The zero-order valence-corrected chi connectivity index (χ0v) is 16.8. The summed E-state index contributed by atoms with van der Waals surface area (Å²) in [7, 11) is 0. The molecule has 1 aromatic carbocycles. The summed E-state index contributed by atoms with van der Waals surface area (Å²) >= 11 is 0. The van der Waals surface area contributed by atoms with Crippen LogP contribution in [0.15, 0.2) is 35.5 Å². The number of allylic oxidation sites excluding steroid dienone is 1. The molecule has 2 aliphatic rings. The molecule has 0 N–H and O–H groups in total. The Morgan fingerprint density at radius 3 is 2.34 bits per heavy atom. The molecule has 1 fully saturated rings. The maximum atomic E-state index is 13.4. The topological polar surface area (TPSA) is 82.1 Å². The number of halogens is 1. The largest absolute Gasteiger partial charge is 0.463 e. The summed E-state index contributed by atoms with van der Waals surface area (Å²) < 4.78 is 30.2. The van der Waals surface area contributed by atoms with E-state index >= 15 is 0 Å². The molecule has 0 aromatic heterocycles. The van der Waals surface area contributed by atoms with Crippen LogP contribution in [0.1, 0.15) is 34.1 Å². The molecule has 0 amide bonds. The highest BCUT2D eigenvalue weighted by molar-refractivity contribution is 5.95. The Kier molecular flexibility index (Phi) is 6.02. The average Bonchev–Trinajstić information content (AvgIpc) is 2.63. The molecular weight excluding hydrogens is 381 g/mol. The molecule has 0 saturated carbocycles. The van der Waals surface area contributed by atoms with Crippen molar-refractivity contribution in [2.75, 3.05) is 11.5 Å². The first-order valence-corrected chi connectivity index (χ1v) is 9.41. The second kappa shape index (κ2) is 8.32. The Hall–Kier alpha value is -2.74. The Morgan fingerprint density at radius 2 is 1.79 bits per heavy atom. The van der Waals surface area contributed by atoms with Crippen LogP contribution in [0.4, 0.5) is 10.1 Å². The van der Waals surface area contributed by atoms with Gasteiger partial charge in [0.2, 0.25) is 0 Å². The highest BCUT2D eigenvalue weighted by Gasteiger charge is 2.49. The molecular formula is C21H24FNO6. The molecule has 29 heavy (non-hydrogen) atoms. The molecule has 8 heteroatoms. The van der Waals surface area contributed by atoms with Crippen molar-refractivity contribution in [3.8, 4) is 0 Å². The monoisotopic (exact) mass is 405 g/mol. The summed E-state index contributed by atoms with van der Waals surface area (Å²) in [5, 5.41) is 0. The van der Waals surface area contributed by atoms with Crippen molar-refractivity contribution in [1.29, 1.82) is 0 Å². The molecule has 2 unspecified atom stereocenters. The van der Waals surface area contributed by atoms with Gasteiger partial charge in [0.05, 0.1) is 0 Å². The molecule has 0 spiro atoms. The number of hydrogen-bond donors (Lipinski definition) is 0. The van der Waals surface area contributed by atoms with Crippen molar-refractivity contribution in [1.82, 2.24) is 0 Å². The number of benzene rings is 1. The predicted octanol–water partition coefficient (Wildman–Crippen LogP) is 2.73. The van der Waals surface area contributed by atoms with Gasteiger partial charge in [0, 0.05) is 43.1 Å². The molecule has 2 aliphatic heterocycles. The molecule has 0 aliphatic carbocycles. The second-order valence-corrected chi connectivity index (χ2v) is 7.25. The summed E-state index contributed by atoms with van der Waals surface area (Å²) in [4.78, 5) is 37.4. The maximum absolute atomic E-state index is 13.4. The van der Waals surface area contributed by atoms with Crippen LogP contribution in [0.2, 0.25) is 0 Å². The van der Waals surface area contributed by atoms with E-state index in [0.717, 1.165) is 0 Å². The van der Waals surface area contributed by atoms with Gasteiger partial charge in [-0.05, 0) is 38.1 Å². The van der Waals surface area contributed by atoms with Gasteiger partial charge in [-0.15, -0.1) is 0 Å². The smallest absolute Gasteiger partial charge is 0.303 e. The number of Topliss-reactive ketones (excluding diaryl/α,β-unsaturated/α-hetero) is 1. The van der Waals surface area contributed by atoms with Gasteiger partial charge in [-0.1, -0.05) is 0 Å². The molecule has 1 saturated heterocycles. The number of rotatable bonds is 5. The summed E-state index contributed by atoms with van der Waals surface area (Å²) in [5.74, 6) is -1.91. The van der Waals surface area contributed by atoms with E-state index in [9.17, 15) is 18.8 Å². The predicted molar refractivity (Wildman–Crippen MR) is 101 cm³/mol. The SMILES string of the molecule is CC(=O)OC[C@H]1OC2CC(C(C(C)=O)=C(C)N2c2ccc(F)cc2)[C@@H]1OC(C)=O. The molecule has 2 heterocycles. The summed E-state index contributed by atoms with van der Waals surface area (Å²) in [6.45, 7) is 5.71. The number of nitrogens with zero attached hydrogens (tertiary/aromatic N) is 1. The van der Waals surface area contributed by atoms with E-state index < -0.39 is 36.3 Å². The number of carbonyl (C=O) groups excluding carboxylic acids is 3. The highest BCUT2D eigenvalue weighted by Crippen LogP contribution is 2.43. The first-order chi connectivity index (χ1) is 13.7. The van der Waals surface area contributed by atoms with Gasteiger partial charge < -0.3 is 19.1 Å². The van der Waals surface area contributed by atoms with Crippen LogP contribution in [-0.2, 0) is 28.6 Å². The molecule has 2 bridgehead atoms. The van der Waals surface area contributed by atoms with Gasteiger partial charge in [-0.2, -0.15) is 0 Å². The van der Waals surface area contributed by atoms with Gasteiger partial charge in [0.15, 0.2) is 5.78 Å². The fourth-order valence-corrected chi connectivity index (χ4v) is 4.17. The van der Waals surface area contributed by atoms with Crippen LogP contribution < -0.4 is 4.90 Å². The minimum absolute atomic E-state index is 0.109.